The molecule has 116 valence electrons. The zero-order valence-corrected chi connectivity index (χ0v) is 13.0. The van der Waals surface area contributed by atoms with Crippen LogP contribution in [0.2, 0.25) is 0 Å². The molecule has 0 saturated carbocycles. The lowest BCUT2D eigenvalue weighted by Gasteiger charge is -2.16. The fraction of sp³-hybridized carbons (Fsp3) is 0.412. The van der Waals surface area contributed by atoms with Gasteiger partial charge in [0.1, 0.15) is 0 Å². The number of nitrogens with zero attached hydrogens (tertiary/aromatic N) is 3. The maximum Gasteiger partial charge on any atom is 0.241 e. The Kier molecular flexibility index (Phi) is 4.34. The maximum absolute atomic E-state index is 14.6. The summed E-state index contributed by atoms with van der Waals surface area (Å²) in [5, 5.41) is 0. The van der Waals surface area contributed by atoms with Crippen molar-refractivity contribution in [1.82, 2.24) is 14.9 Å². The lowest BCUT2D eigenvalue weighted by atomic mass is 10.2. The number of likely N-dealkylation sites (tertiary alicyclic amines) is 1. The number of hydrogen-bond donors (Lipinski definition) is 0. The molecule has 0 atom stereocenters. The van der Waals surface area contributed by atoms with Gasteiger partial charge < -0.3 is 4.74 Å². The Labute approximate surface area is 130 Å². The lowest BCUT2D eigenvalue weighted by molar-refractivity contribution is 0.322. The minimum Gasteiger partial charge on any atom is -0.434 e. The average Bonchev–Trinajstić information content (AvgIpc) is 3.00. The van der Waals surface area contributed by atoms with E-state index >= 15 is 0 Å². The summed E-state index contributed by atoms with van der Waals surface area (Å²) in [5.74, 6) is 0.258. The molecule has 0 unspecified atom stereocenters. The summed E-state index contributed by atoms with van der Waals surface area (Å²) < 4.78 is 20.3. The van der Waals surface area contributed by atoms with Crippen LogP contribution in [-0.2, 0) is 6.54 Å². The molecule has 4 nitrogen and oxygen atoms in total. The van der Waals surface area contributed by atoms with E-state index in [0.717, 1.165) is 18.8 Å². The summed E-state index contributed by atoms with van der Waals surface area (Å²) in [5.41, 5.74) is 2.06. The first kappa shape index (κ1) is 14.9. The topological polar surface area (TPSA) is 38.2 Å². The van der Waals surface area contributed by atoms with Crippen molar-refractivity contribution >= 4 is 0 Å². The Morgan fingerprint density at radius 2 is 2.00 bits per heavy atom. The highest BCUT2D eigenvalue weighted by Gasteiger charge is 2.17. The second-order valence-electron chi connectivity index (χ2n) is 5.72. The summed E-state index contributed by atoms with van der Waals surface area (Å²) in [6, 6.07) is 5.27. The van der Waals surface area contributed by atoms with Gasteiger partial charge in [0.15, 0.2) is 11.6 Å². The molecule has 1 aliphatic heterocycles. The molecule has 1 aromatic carbocycles. The smallest absolute Gasteiger partial charge is 0.241 e. The SMILES string of the molecule is Cc1cnc(C)c(Oc2cccc(CN3CCCC3)c2F)n1. The third kappa shape index (κ3) is 3.25. The minimum absolute atomic E-state index is 0.208. The summed E-state index contributed by atoms with van der Waals surface area (Å²) >= 11 is 0. The zero-order valence-electron chi connectivity index (χ0n) is 13.0. The number of rotatable bonds is 4. The van der Waals surface area contributed by atoms with Crippen molar-refractivity contribution in [3.05, 3.63) is 47.2 Å². The maximum atomic E-state index is 14.6. The number of halogens is 1. The molecule has 22 heavy (non-hydrogen) atoms. The van der Waals surface area contributed by atoms with Crippen LogP contribution in [0.25, 0.3) is 0 Å². The number of aromatic nitrogens is 2. The monoisotopic (exact) mass is 301 g/mol. The van der Waals surface area contributed by atoms with Gasteiger partial charge in [-0.25, -0.2) is 9.37 Å². The molecular formula is C17H20FN3O. The fourth-order valence-corrected chi connectivity index (χ4v) is 2.66. The van der Waals surface area contributed by atoms with Crippen LogP contribution in [0.1, 0.15) is 29.8 Å². The highest BCUT2D eigenvalue weighted by atomic mass is 19.1. The zero-order chi connectivity index (χ0) is 15.5. The Morgan fingerprint density at radius 3 is 2.77 bits per heavy atom. The van der Waals surface area contributed by atoms with Crippen LogP contribution < -0.4 is 4.74 Å². The predicted octanol–water partition coefficient (Wildman–Crippen LogP) is 3.62. The molecule has 0 bridgehead atoms. The molecule has 0 spiro atoms. The summed E-state index contributed by atoms with van der Waals surface area (Å²) in [4.78, 5) is 10.7. The standard InChI is InChI=1S/C17H20FN3O/c1-12-10-19-13(2)17(20-12)22-15-7-5-6-14(16(15)18)11-21-8-3-4-9-21/h5-7,10H,3-4,8-9,11H2,1-2H3. The molecule has 1 saturated heterocycles. The highest BCUT2D eigenvalue weighted by molar-refractivity contribution is 5.35. The first-order valence-corrected chi connectivity index (χ1v) is 7.61. The van der Waals surface area contributed by atoms with Crippen LogP contribution in [0.4, 0.5) is 4.39 Å². The van der Waals surface area contributed by atoms with Crippen molar-refractivity contribution in [3.63, 3.8) is 0 Å². The van der Waals surface area contributed by atoms with Crippen molar-refractivity contribution in [1.29, 1.82) is 0 Å². The highest BCUT2D eigenvalue weighted by Crippen LogP contribution is 2.28. The molecular weight excluding hydrogens is 281 g/mol. The van der Waals surface area contributed by atoms with Crippen molar-refractivity contribution in [2.24, 2.45) is 0 Å². The van der Waals surface area contributed by atoms with Gasteiger partial charge in [-0.3, -0.25) is 9.88 Å². The summed E-state index contributed by atoms with van der Waals surface area (Å²) in [7, 11) is 0. The van der Waals surface area contributed by atoms with Crippen LogP contribution in [-0.4, -0.2) is 28.0 Å². The summed E-state index contributed by atoms with van der Waals surface area (Å²) in [6.45, 7) is 6.33. The minimum atomic E-state index is -0.308. The Hall–Kier alpha value is -2.01. The molecule has 5 heteroatoms. The Balaban J connectivity index is 1.83. The van der Waals surface area contributed by atoms with E-state index in [1.54, 1.807) is 19.2 Å². The van der Waals surface area contributed by atoms with Crippen LogP contribution in [0.5, 0.6) is 11.6 Å². The molecule has 2 aromatic rings. The van der Waals surface area contributed by atoms with Gasteiger partial charge in [-0.1, -0.05) is 12.1 Å². The lowest BCUT2D eigenvalue weighted by Crippen LogP contribution is -2.19. The van der Waals surface area contributed by atoms with E-state index in [2.05, 4.69) is 14.9 Å². The van der Waals surface area contributed by atoms with Gasteiger partial charge in [-0.2, -0.15) is 0 Å². The van der Waals surface area contributed by atoms with Crippen LogP contribution >= 0.6 is 0 Å². The normalized spacial score (nSPS) is 15.2. The fourth-order valence-electron chi connectivity index (χ4n) is 2.66. The molecule has 0 amide bonds. The van der Waals surface area contributed by atoms with Gasteiger partial charge in [0, 0.05) is 18.3 Å². The van der Waals surface area contributed by atoms with E-state index < -0.39 is 0 Å². The van der Waals surface area contributed by atoms with Crippen LogP contribution in [0.15, 0.2) is 24.4 Å². The van der Waals surface area contributed by atoms with E-state index in [1.165, 1.54) is 12.8 Å². The van der Waals surface area contributed by atoms with Crippen LogP contribution in [0.3, 0.4) is 0 Å². The molecule has 1 aromatic heterocycles. The van der Waals surface area contributed by atoms with Gasteiger partial charge in [-0.15, -0.1) is 0 Å². The van der Waals surface area contributed by atoms with E-state index in [1.807, 2.05) is 19.1 Å². The second-order valence-corrected chi connectivity index (χ2v) is 5.72. The van der Waals surface area contributed by atoms with E-state index in [4.69, 9.17) is 4.74 Å². The average molecular weight is 301 g/mol. The third-order valence-corrected chi connectivity index (χ3v) is 3.87. The van der Waals surface area contributed by atoms with E-state index in [9.17, 15) is 4.39 Å². The molecule has 0 radical (unpaired) electrons. The Bertz CT molecular complexity index is 669. The molecule has 0 N–H and O–H groups in total. The van der Waals surface area contributed by atoms with E-state index in [0.29, 0.717) is 23.7 Å². The van der Waals surface area contributed by atoms with Gasteiger partial charge in [0.2, 0.25) is 5.88 Å². The molecule has 3 rings (SSSR count). The molecule has 1 aliphatic rings. The second kappa shape index (κ2) is 6.40. The predicted molar refractivity (Wildman–Crippen MR) is 82.5 cm³/mol. The third-order valence-electron chi connectivity index (χ3n) is 3.87. The van der Waals surface area contributed by atoms with Crippen molar-refractivity contribution in [2.45, 2.75) is 33.2 Å². The summed E-state index contributed by atoms with van der Waals surface area (Å²) in [6.07, 6.45) is 4.05. The van der Waals surface area contributed by atoms with E-state index in [-0.39, 0.29) is 11.6 Å². The first-order valence-electron chi connectivity index (χ1n) is 7.61. The van der Waals surface area contributed by atoms with Gasteiger partial charge >= 0.3 is 0 Å². The largest absolute Gasteiger partial charge is 0.434 e. The molecule has 1 fully saturated rings. The van der Waals surface area contributed by atoms with Crippen molar-refractivity contribution in [2.75, 3.05) is 13.1 Å². The van der Waals surface area contributed by atoms with Crippen LogP contribution in [0, 0.1) is 19.7 Å². The van der Waals surface area contributed by atoms with Gasteiger partial charge in [0.05, 0.1) is 11.4 Å². The first-order chi connectivity index (χ1) is 10.6. The quantitative estimate of drug-likeness (QED) is 0.864. The van der Waals surface area contributed by atoms with Gasteiger partial charge in [-0.05, 0) is 45.8 Å². The van der Waals surface area contributed by atoms with Crippen molar-refractivity contribution in [3.8, 4) is 11.6 Å². The number of aryl methyl sites for hydroxylation is 2. The Morgan fingerprint density at radius 1 is 1.23 bits per heavy atom. The number of ether oxygens (including phenoxy) is 1. The molecule has 2 heterocycles. The number of hydrogen-bond acceptors (Lipinski definition) is 4. The van der Waals surface area contributed by atoms with Crippen molar-refractivity contribution < 1.29 is 9.13 Å². The molecule has 0 aliphatic carbocycles. The van der Waals surface area contributed by atoms with Gasteiger partial charge in [0.25, 0.3) is 0 Å². The number of benzene rings is 1.